The fourth-order valence-corrected chi connectivity index (χ4v) is 4.98. The number of aliphatic hydroxyl groups excluding tert-OH is 1. The van der Waals surface area contributed by atoms with Gasteiger partial charge in [-0.1, -0.05) is 24.3 Å². The van der Waals surface area contributed by atoms with Crippen LogP contribution in [0, 0.1) is 0 Å². The number of alkyl halides is 3. The molecule has 1 atom stereocenters. The second kappa shape index (κ2) is 13.6. The zero-order chi connectivity index (χ0) is 24.7. The van der Waals surface area contributed by atoms with E-state index in [4.69, 9.17) is 4.74 Å². The van der Waals surface area contributed by atoms with E-state index >= 15 is 0 Å². The van der Waals surface area contributed by atoms with Gasteiger partial charge in [-0.05, 0) is 69.2 Å². The molecule has 10 heteroatoms. The van der Waals surface area contributed by atoms with Gasteiger partial charge in [0.1, 0.15) is 24.2 Å². The molecule has 36 heavy (non-hydrogen) atoms. The molecule has 0 bridgehead atoms. The van der Waals surface area contributed by atoms with Gasteiger partial charge in [-0.25, -0.2) is 0 Å². The van der Waals surface area contributed by atoms with E-state index in [1.807, 2.05) is 30.3 Å². The summed E-state index contributed by atoms with van der Waals surface area (Å²) in [6.45, 7) is 7.34. The van der Waals surface area contributed by atoms with Crippen molar-refractivity contribution in [2.75, 3.05) is 52.4 Å². The van der Waals surface area contributed by atoms with Gasteiger partial charge in [0.05, 0.1) is 0 Å². The van der Waals surface area contributed by atoms with Gasteiger partial charge >= 0.3 is 6.18 Å². The van der Waals surface area contributed by atoms with Crippen LogP contribution in [0.3, 0.4) is 0 Å². The molecule has 1 aromatic heterocycles. The number of β-amino-alcohol motifs (C(OH)–C–C–N with tert-alkyl or cyclic N) is 1. The van der Waals surface area contributed by atoms with Crippen LogP contribution in [-0.2, 0) is 12.7 Å². The first kappa shape index (κ1) is 28.7. The van der Waals surface area contributed by atoms with Gasteiger partial charge in [0.15, 0.2) is 0 Å². The Hall–Kier alpha value is -1.91. The fourth-order valence-electron chi connectivity index (χ4n) is 4.98. The summed E-state index contributed by atoms with van der Waals surface area (Å²) in [6, 6.07) is 12.7. The summed E-state index contributed by atoms with van der Waals surface area (Å²) in [7, 11) is 0. The Labute approximate surface area is 217 Å². The summed E-state index contributed by atoms with van der Waals surface area (Å²) >= 11 is 0. The smallest absolute Gasteiger partial charge is 0.433 e. The van der Waals surface area contributed by atoms with Crippen molar-refractivity contribution in [2.24, 2.45) is 0 Å². The van der Waals surface area contributed by atoms with E-state index < -0.39 is 18.0 Å². The van der Waals surface area contributed by atoms with Crippen LogP contribution in [0.25, 0.3) is 0 Å². The molecule has 0 spiro atoms. The number of aromatic nitrogens is 1. The third kappa shape index (κ3) is 8.59. The van der Waals surface area contributed by atoms with Crippen LogP contribution in [-0.4, -0.2) is 89.4 Å². The van der Waals surface area contributed by atoms with Crippen molar-refractivity contribution in [1.82, 2.24) is 19.7 Å². The number of likely N-dealkylation sites (tertiary alicyclic amines) is 1. The molecule has 1 unspecified atom stereocenters. The van der Waals surface area contributed by atoms with Gasteiger partial charge in [0.25, 0.3) is 0 Å². The molecule has 4 rings (SSSR count). The summed E-state index contributed by atoms with van der Waals surface area (Å²) in [5.41, 5.74) is -0.0249. The first-order valence-corrected chi connectivity index (χ1v) is 12.4. The molecule has 200 valence electrons. The number of nitrogens with zero attached hydrogens (tertiary/aromatic N) is 4. The minimum absolute atomic E-state index is 0. The molecule has 1 aromatic carbocycles. The number of piperidine rings is 1. The maximum absolute atomic E-state index is 12.7. The number of aliphatic hydroxyl groups is 1. The molecule has 2 aromatic rings. The van der Waals surface area contributed by atoms with Crippen LogP contribution in [0.5, 0.6) is 5.75 Å². The first-order valence-electron chi connectivity index (χ1n) is 12.4. The Morgan fingerprint density at radius 1 is 0.944 bits per heavy atom. The van der Waals surface area contributed by atoms with Crippen LogP contribution in [0.15, 0.2) is 48.7 Å². The Kier molecular flexibility index (Phi) is 10.8. The average Bonchev–Trinajstić information content (AvgIpc) is 3.09. The van der Waals surface area contributed by atoms with E-state index in [-0.39, 0.29) is 19.0 Å². The fraction of sp³-hybridized carbons (Fsp3) is 0.577. The average molecular weight is 529 g/mol. The summed E-state index contributed by atoms with van der Waals surface area (Å²) in [5, 5.41) is 10.4. The maximum Gasteiger partial charge on any atom is 0.433 e. The zero-order valence-corrected chi connectivity index (χ0v) is 21.3. The standard InChI is InChI=1S/C26H35F3N4O2.ClH/c27-26(28,29)25-8-7-21(17-30-25)18-32-13-9-22(10-14-32)33-12-4-11-31(15-16-33)19-23(34)20-35-24-5-2-1-3-6-24;/h1-3,5-8,17,22-23,34H,4,9-16,18-20H2;1H. The van der Waals surface area contributed by atoms with E-state index in [1.54, 1.807) is 0 Å². The topological polar surface area (TPSA) is 52.1 Å². The zero-order valence-electron chi connectivity index (χ0n) is 20.4. The third-order valence-electron chi connectivity index (χ3n) is 6.87. The van der Waals surface area contributed by atoms with E-state index in [9.17, 15) is 18.3 Å². The molecule has 0 amide bonds. The molecular weight excluding hydrogens is 493 g/mol. The van der Waals surface area contributed by atoms with Crippen molar-refractivity contribution < 1.29 is 23.0 Å². The van der Waals surface area contributed by atoms with Gasteiger partial charge < -0.3 is 9.84 Å². The third-order valence-corrected chi connectivity index (χ3v) is 6.87. The highest BCUT2D eigenvalue weighted by atomic mass is 35.5. The number of halogens is 4. The molecule has 2 aliphatic heterocycles. The van der Waals surface area contributed by atoms with Gasteiger partial charge in [-0.3, -0.25) is 19.7 Å². The molecule has 6 nitrogen and oxygen atoms in total. The minimum Gasteiger partial charge on any atom is -0.491 e. The Morgan fingerprint density at radius 2 is 1.69 bits per heavy atom. The highest BCUT2D eigenvalue weighted by Gasteiger charge is 2.32. The molecule has 0 aliphatic carbocycles. The molecule has 2 saturated heterocycles. The van der Waals surface area contributed by atoms with Crippen molar-refractivity contribution in [1.29, 1.82) is 0 Å². The van der Waals surface area contributed by atoms with E-state index in [0.717, 1.165) is 75.9 Å². The van der Waals surface area contributed by atoms with Gasteiger partial charge in [0.2, 0.25) is 0 Å². The Balaban J connectivity index is 0.00000361. The number of rotatable bonds is 8. The molecule has 0 saturated carbocycles. The lowest BCUT2D eigenvalue weighted by atomic mass is 10.0. The largest absolute Gasteiger partial charge is 0.491 e. The number of ether oxygens (including phenoxy) is 1. The van der Waals surface area contributed by atoms with Gasteiger partial charge in [-0.15, -0.1) is 12.4 Å². The predicted octanol–water partition coefficient (Wildman–Crippen LogP) is 3.93. The molecule has 2 aliphatic rings. The van der Waals surface area contributed by atoms with E-state index in [1.165, 1.54) is 12.3 Å². The van der Waals surface area contributed by atoms with Crippen LogP contribution in [0.4, 0.5) is 13.2 Å². The first-order chi connectivity index (χ1) is 16.9. The lowest BCUT2D eigenvalue weighted by Crippen LogP contribution is -2.46. The maximum atomic E-state index is 12.7. The lowest BCUT2D eigenvalue weighted by molar-refractivity contribution is -0.141. The van der Waals surface area contributed by atoms with E-state index in [0.29, 0.717) is 19.1 Å². The normalized spacial score (nSPS) is 19.9. The van der Waals surface area contributed by atoms with Crippen LogP contribution in [0.2, 0.25) is 0 Å². The number of hydrogen-bond donors (Lipinski definition) is 1. The van der Waals surface area contributed by atoms with Crippen molar-refractivity contribution in [3.8, 4) is 5.75 Å². The highest BCUT2D eigenvalue weighted by Crippen LogP contribution is 2.27. The number of pyridine rings is 1. The predicted molar refractivity (Wildman–Crippen MR) is 135 cm³/mol. The second-order valence-corrected chi connectivity index (χ2v) is 9.52. The van der Waals surface area contributed by atoms with Crippen LogP contribution < -0.4 is 4.74 Å². The monoisotopic (exact) mass is 528 g/mol. The van der Waals surface area contributed by atoms with Crippen molar-refractivity contribution in [3.05, 3.63) is 59.9 Å². The Morgan fingerprint density at radius 3 is 2.36 bits per heavy atom. The second-order valence-electron chi connectivity index (χ2n) is 9.52. The van der Waals surface area contributed by atoms with Crippen molar-refractivity contribution in [2.45, 2.75) is 44.1 Å². The molecule has 0 radical (unpaired) electrons. The van der Waals surface area contributed by atoms with Crippen molar-refractivity contribution >= 4 is 12.4 Å². The summed E-state index contributed by atoms with van der Waals surface area (Å²) in [6.07, 6.45) is -0.386. The minimum atomic E-state index is -4.40. The summed E-state index contributed by atoms with van der Waals surface area (Å²) in [5.74, 6) is 0.773. The quantitative estimate of drug-likeness (QED) is 0.560. The lowest BCUT2D eigenvalue weighted by Gasteiger charge is -2.38. The molecule has 3 heterocycles. The summed E-state index contributed by atoms with van der Waals surface area (Å²) < 4.78 is 43.8. The SMILES string of the molecule is Cl.OC(COc1ccccc1)CN1CCCN(C2CCN(Cc3ccc(C(F)(F)F)nc3)CC2)CC1. The van der Waals surface area contributed by atoms with Gasteiger partial charge in [-0.2, -0.15) is 13.2 Å². The number of hydrogen-bond acceptors (Lipinski definition) is 6. The highest BCUT2D eigenvalue weighted by molar-refractivity contribution is 5.85. The number of para-hydroxylation sites is 1. The van der Waals surface area contributed by atoms with Gasteiger partial charge in [0, 0.05) is 38.4 Å². The Bertz CT molecular complexity index is 896. The molecular formula is C26H36ClF3N4O2. The molecule has 2 fully saturated rings. The number of benzene rings is 1. The molecule has 1 N–H and O–H groups in total. The van der Waals surface area contributed by atoms with Crippen LogP contribution >= 0.6 is 12.4 Å². The summed E-state index contributed by atoms with van der Waals surface area (Å²) in [4.78, 5) is 10.8. The van der Waals surface area contributed by atoms with Crippen molar-refractivity contribution in [3.63, 3.8) is 0 Å². The van der Waals surface area contributed by atoms with E-state index in [2.05, 4.69) is 19.7 Å². The van der Waals surface area contributed by atoms with Crippen LogP contribution in [0.1, 0.15) is 30.5 Å².